The Labute approximate surface area is 113 Å². The summed E-state index contributed by atoms with van der Waals surface area (Å²) in [6.07, 6.45) is 1.54. The van der Waals surface area contributed by atoms with E-state index in [0.29, 0.717) is 16.0 Å². The van der Waals surface area contributed by atoms with Gasteiger partial charge in [0.25, 0.3) is 0 Å². The van der Waals surface area contributed by atoms with E-state index in [1.165, 1.54) is 12.1 Å². The summed E-state index contributed by atoms with van der Waals surface area (Å²) in [5.74, 6) is -0.294. The molecule has 18 heavy (non-hydrogen) atoms. The molecule has 0 aliphatic carbocycles. The van der Waals surface area contributed by atoms with E-state index in [2.05, 4.69) is 15.5 Å². The molecule has 92 valence electrons. The van der Waals surface area contributed by atoms with Gasteiger partial charge >= 0.3 is 0 Å². The summed E-state index contributed by atoms with van der Waals surface area (Å²) >= 11 is 11.5. The fraction of sp³-hybridized carbons (Fsp3) is 0. The van der Waals surface area contributed by atoms with Gasteiger partial charge in [-0.2, -0.15) is 5.10 Å². The van der Waals surface area contributed by atoms with Crippen LogP contribution in [0.25, 0.3) is 0 Å². The molecule has 0 bridgehead atoms. The second-order valence-corrected chi connectivity index (χ2v) is 4.20. The number of hydrogen-bond donors (Lipinski definition) is 1. The van der Waals surface area contributed by atoms with Gasteiger partial charge in [-0.15, -0.1) is 0 Å². The van der Waals surface area contributed by atoms with Crippen molar-refractivity contribution in [2.75, 3.05) is 5.43 Å². The topological polar surface area (TPSA) is 37.3 Å². The van der Waals surface area contributed by atoms with Gasteiger partial charge in [-0.1, -0.05) is 23.2 Å². The molecule has 1 N–H and O–H groups in total. The minimum Gasteiger partial charge on any atom is -0.279 e. The van der Waals surface area contributed by atoms with Crippen molar-refractivity contribution in [3.05, 3.63) is 58.1 Å². The van der Waals surface area contributed by atoms with Crippen LogP contribution in [0.2, 0.25) is 10.3 Å². The second kappa shape index (κ2) is 5.80. The Morgan fingerprint density at radius 1 is 1.11 bits per heavy atom. The average molecular weight is 284 g/mol. The Balaban J connectivity index is 2.05. The molecule has 1 heterocycles. The van der Waals surface area contributed by atoms with Gasteiger partial charge in [-0.3, -0.25) is 5.43 Å². The quantitative estimate of drug-likeness (QED) is 0.526. The molecule has 0 saturated heterocycles. The number of hydrogen-bond acceptors (Lipinski definition) is 3. The summed E-state index contributed by atoms with van der Waals surface area (Å²) < 4.78 is 12.7. The third-order valence-corrected chi connectivity index (χ3v) is 2.42. The van der Waals surface area contributed by atoms with Crippen LogP contribution < -0.4 is 5.43 Å². The zero-order chi connectivity index (χ0) is 13.0. The Morgan fingerprint density at radius 3 is 2.33 bits per heavy atom. The lowest BCUT2D eigenvalue weighted by atomic mass is 10.3. The Bertz CT molecular complexity index is 550. The van der Waals surface area contributed by atoms with Gasteiger partial charge in [0.1, 0.15) is 16.1 Å². The minimum absolute atomic E-state index is 0.294. The van der Waals surface area contributed by atoms with Crippen LogP contribution in [-0.4, -0.2) is 11.2 Å². The zero-order valence-corrected chi connectivity index (χ0v) is 10.6. The van der Waals surface area contributed by atoms with E-state index < -0.39 is 0 Å². The number of aromatic nitrogens is 1. The van der Waals surface area contributed by atoms with Crippen molar-refractivity contribution in [2.24, 2.45) is 5.10 Å². The highest BCUT2D eigenvalue weighted by Gasteiger charge is 1.97. The van der Waals surface area contributed by atoms with E-state index >= 15 is 0 Å². The molecule has 2 aromatic rings. The molecule has 0 amide bonds. The van der Waals surface area contributed by atoms with Gasteiger partial charge in [0.05, 0.1) is 11.9 Å². The second-order valence-electron chi connectivity index (χ2n) is 3.42. The number of nitrogens with one attached hydrogen (secondary N) is 1. The number of pyridine rings is 1. The van der Waals surface area contributed by atoms with Gasteiger partial charge in [-0.25, -0.2) is 9.37 Å². The van der Waals surface area contributed by atoms with Gasteiger partial charge in [0.2, 0.25) is 0 Å². The predicted molar refractivity (Wildman–Crippen MR) is 71.9 cm³/mol. The summed E-state index contributed by atoms with van der Waals surface area (Å²) in [6.45, 7) is 0. The molecule has 1 aromatic carbocycles. The third-order valence-electron chi connectivity index (χ3n) is 2.04. The van der Waals surface area contributed by atoms with E-state index in [1.807, 2.05) is 0 Å². The lowest BCUT2D eigenvalue weighted by Crippen LogP contribution is -1.91. The van der Waals surface area contributed by atoms with E-state index in [-0.39, 0.29) is 5.82 Å². The van der Waals surface area contributed by atoms with Gasteiger partial charge in [0.15, 0.2) is 0 Å². The number of benzene rings is 1. The van der Waals surface area contributed by atoms with Crippen molar-refractivity contribution >= 4 is 35.1 Å². The first-order valence-electron chi connectivity index (χ1n) is 5.01. The Morgan fingerprint density at radius 2 is 1.72 bits per heavy atom. The molecule has 0 radical (unpaired) electrons. The minimum atomic E-state index is -0.294. The number of rotatable bonds is 3. The van der Waals surface area contributed by atoms with Gasteiger partial charge < -0.3 is 0 Å². The highest BCUT2D eigenvalue weighted by molar-refractivity contribution is 6.32. The molecular formula is C12H8Cl2FN3. The van der Waals surface area contributed by atoms with Crippen LogP contribution in [0.4, 0.5) is 10.1 Å². The maximum atomic E-state index is 12.7. The van der Waals surface area contributed by atoms with Crippen molar-refractivity contribution in [3.63, 3.8) is 0 Å². The summed E-state index contributed by atoms with van der Waals surface area (Å²) in [5, 5.41) is 4.58. The van der Waals surface area contributed by atoms with Crippen LogP contribution in [0, 0.1) is 5.82 Å². The molecular weight excluding hydrogens is 276 g/mol. The van der Waals surface area contributed by atoms with Crippen LogP contribution >= 0.6 is 23.2 Å². The van der Waals surface area contributed by atoms with E-state index in [4.69, 9.17) is 23.2 Å². The van der Waals surface area contributed by atoms with Crippen molar-refractivity contribution in [3.8, 4) is 0 Å². The Hall–Kier alpha value is -1.65. The first-order valence-corrected chi connectivity index (χ1v) is 5.77. The van der Waals surface area contributed by atoms with E-state index in [0.717, 1.165) is 5.56 Å². The van der Waals surface area contributed by atoms with Gasteiger partial charge in [0, 0.05) is 5.56 Å². The number of hydrazone groups is 1. The highest BCUT2D eigenvalue weighted by atomic mass is 35.5. The normalized spacial score (nSPS) is 10.8. The van der Waals surface area contributed by atoms with Gasteiger partial charge in [-0.05, 0) is 36.4 Å². The SMILES string of the molecule is Fc1ccc(N/N=C/c2cc(Cl)nc(Cl)c2)cc1. The largest absolute Gasteiger partial charge is 0.279 e. The van der Waals surface area contributed by atoms with E-state index in [1.54, 1.807) is 30.5 Å². The first kappa shape index (κ1) is 12.8. The zero-order valence-electron chi connectivity index (χ0n) is 9.07. The molecule has 0 fully saturated rings. The van der Waals surface area contributed by atoms with Crippen molar-refractivity contribution in [1.82, 2.24) is 4.98 Å². The van der Waals surface area contributed by atoms with Crippen molar-refractivity contribution in [2.45, 2.75) is 0 Å². The fourth-order valence-electron chi connectivity index (χ4n) is 1.26. The molecule has 0 saturated carbocycles. The molecule has 0 unspecified atom stereocenters. The van der Waals surface area contributed by atoms with E-state index in [9.17, 15) is 4.39 Å². The smallest absolute Gasteiger partial charge is 0.131 e. The number of halogens is 3. The lowest BCUT2D eigenvalue weighted by Gasteiger charge is -1.99. The fourth-order valence-corrected chi connectivity index (χ4v) is 1.74. The molecule has 1 aromatic heterocycles. The highest BCUT2D eigenvalue weighted by Crippen LogP contribution is 2.13. The maximum Gasteiger partial charge on any atom is 0.131 e. The molecule has 3 nitrogen and oxygen atoms in total. The van der Waals surface area contributed by atoms with Crippen LogP contribution in [0.15, 0.2) is 41.5 Å². The first-order chi connectivity index (χ1) is 8.63. The summed E-state index contributed by atoms with van der Waals surface area (Å²) in [4.78, 5) is 3.82. The summed E-state index contributed by atoms with van der Waals surface area (Å²) in [6, 6.07) is 9.11. The number of anilines is 1. The lowest BCUT2D eigenvalue weighted by molar-refractivity contribution is 0.628. The predicted octanol–water partition coefficient (Wildman–Crippen LogP) is 3.97. The van der Waals surface area contributed by atoms with Crippen LogP contribution in [0.3, 0.4) is 0 Å². The summed E-state index contributed by atoms with van der Waals surface area (Å²) in [7, 11) is 0. The average Bonchev–Trinajstić information content (AvgIpc) is 2.30. The molecule has 2 rings (SSSR count). The van der Waals surface area contributed by atoms with Crippen molar-refractivity contribution < 1.29 is 4.39 Å². The molecule has 0 aliphatic rings. The molecule has 0 aliphatic heterocycles. The monoisotopic (exact) mass is 283 g/mol. The molecule has 0 atom stereocenters. The van der Waals surface area contributed by atoms with Crippen LogP contribution in [0.1, 0.15) is 5.56 Å². The molecule has 6 heteroatoms. The third kappa shape index (κ3) is 3.68. The molecule has 0 spiro atoms. The summed E-state index contributed by atoms with van der Waals surface area (Å²) in [5.41, 5.74) is 4.15. The standard InChI is InChI=1S/C12H8Cl2FN3/c13-11-5-8(6-12(14)17-11)7-16-18-10-3-1-9(15)2-4-10/h1-7,18H/b16-7+. The Kier molecular flexibility index (Phi) is 4.12. The van der Waals surface area contributed by atoms with Crippen LogP contribution in [-0.2, 0) is 0 Å². The van der Waals surface area contributed by atoms with Crippen LogP contribution in [0.5, 0.6) is 0 Å². The van der Waals surface area contributed by atoms with Crippen molar-refractivity contribution in [1.29, 1.82) is 0 Å². The number of nitrogens with zero attached hydrogens (tertiary/aromatic N) is 2. The maximum absolute atomic E-state index is 12.7.